The normalized spacial score (nSPS) is 11.5. The Hall–Kier alpha value is -2.62. The molecule has 1 N–H and O–H groups in total. The Labute approximate surface area is 123 Å². The minimum absolute atomic E-state index is 0.199. The summed E-state index contributed by atoms with van der Waals surface area (Å²) in [5.41, 5.74) is 1.55. The van der Waals surface area contributed by atoms with E-state index >= 15 is 0 Å². The summed E-state index contributed by atoms with van der Waals surface area (Å²) in [5.74, 6) is 0.303. The minimum Gasteiger partial charge on any atom is -0.481 e. The molecule has 0 spiro atoms. The monoisotopic (exact) mass is 283 g/mol. The van der Waals surface area contributed by atoms with Gasteiger partial charge >= 0.3 is 0 Å². The number of rotatable bonds is 6. The zero-order chi connectivity index (χ0) is 15.1. The lowest BCUT2D eigenvalue weighted by Gasteiger charge is -2.15. The smallest absolute Gasteiger partial charge is 0.261 e. The second-order valence-corrected chi connectivity index (χ2v) is 4.65. The van der Waals surface area contributed by atoms with Crippen molar-refractivity contribution in [1.82, 2.24) is 5.32 Å². The van der Waals surface area contributed by atoms with Gasteiger partial charge in [0.25, 0.3) is 5.91 Å². The van der Waals surface area contributed by atoms with E-state index in [-0.39, 0.29) is 5.91 Å². The molecule has 0 saturated carbocycles. The number of hydrogen-bond donors (Lipinski definition) is 1. The fourth-order valence-electron chi connectivity index (χ4n) is 1.85. The second-order valence-electron chi connectivity index (χ2n) is 4.65. The third-order valence-corrected chi connectivity index (χ3v) is 2.99. The van der Waals surface area contributed by atoms with Crippen LogP contribution in [-0.4, -0.2) is 18.3 Å². The van der Waals surface area contributed by atoms with Gasteiger partial charge in [0.2, 0.25) is 0 Å². The summed E-state index contributed by atoms with van der Waals surface area (Å²) in [4.78, 5) is 22.7. The van der Waals surface area contributed by atoms with Crippen LogP contribution >= 0.6 is 0 Å². The molecule has 0 aliphatic carbocycles. The van der Waals surface area contributed by atoms with E-state index in [1.54, 1.807) is 31.2 Å². The Kier molecular flexibility index (Phi) is 5.10. The van der Waals surface area contributed by atoms with Crippen LogP contribution in [0.1, 0.15) is 22.8 Å². The minimum atomic E-state index is -0.629. The highest BCUT2D eigenvalue weighted by Gasteiger charge is 2.14. The van der Waals surface area contributed by atoms with Crippen LogP contribution in [0.3, 0.4) is 0 Å². The first kappa shape index (κ1) is 14.8. The van der Waals surface area contributed by atoms with E-state index in [1.165, 1.54) is 0 Å². The lowest BCUT2D eigenvalue weighted by Crippen LogP contribution is -2.35. The lowest BCUT2D eigenvalue weighted by molar-refractivity contribution is -0.127. The molecule has 0 unspecified atom stereocenters. The van der Waals surface area contributed by atoms with Crippen LogP contribution in [0, 0.1) is 0 Å². The Bertz CT molecular complexity index is 610. The Morgan fingerprint density at radius 2 is 1.95 bits per heavy atom. The van der Waals surface area contributed by atoms with Crippen molar-refractivity contribution in [1.29, 1.82) is 0 Å². The molecule has 0 bridgehead atoms. The van der Waals surface area contributed by atoms with Crippen LogP contribution in [0.15, 0.2) is 54.6 Å². The number of carbonyl (C=O) groups excluding carboxylic acids is 2. The number of carbonyl (C=O) groups is 2. The molecule has 0 aliphatic rings. The Morgan fingerprint density at radius 1 is 1.19 bits per heavy atom. The van der Waals surface area contributed by atoms with Crippen molar-refractivity contribution in [2.75, 3.05) is 0 Å². The maximum atomic E-state index is 12.0. The highest BCUT2D eigenvalue weighted by Crippen LogP contribution is 2.14. The molecule has 2 rings (SSSR count). The van der Waals surface area contributed by atoms with Crippen LogP contribution < -0.4 is 10.1 Å². The molecule has 4 heteroatoms. The van der Waals surface area contributed by atoms with Gasteiger partial charge in [0.1, 0.15) is 12.0 Å². The number of ether oxygens (including phenoxy) is 1. The number of aldehydes is 1. The highest BCUT2D eigenvalue weighted by atomic mass is 16.5. The number of benzene rings is 2. The fraction of sp³-hybridized carbons (Fsp3) is 0.176. The van der Waals surface area contributed by atoms with Gasteiger partial charge in [-0.15, -0.1) is 0 Å². The van der Waals surface area contributed by atoms with E-state index in [0.29, 0.717) is 17.9 Å². The molecule has 0 heterocycles. The van der Waals surface area contributed by atoms with E-state index < -0.39 is 6.10 Å². The van der Waals surface area contributed by atoms with Crippen molar-refractivity contribution < 1.29 is 14.3 Å². The van der Waals surface area contributed by atoms with E-state index in [2.05, 4.69) is 5.32 Å². The van der Waals surface area contributed by atoms with E-state index in [1.807, 2.05) is 30.3 Å². The predicted molar refractivity (Wildman–Crippen MR) is 80.2 cm³/mol. The first-order chi connectivity index (χ1) is 10.2. The number of amides is 1. The van der Waals surface area contributed by atoms with Gasteiger partial charge in [-0.1, -0.05) is 42.5 Å². The molecule has 1 atom stereocenters. The molecule has 0 radical (unpaired) electrons. The van der Waals surface area contributed by atoms with Gasteiger partial charge in [0.15, 0.2) is 6.10 Å². The van der Waals surface area contributed by atoms with Gasteiger partial charge in [0, 0.05) is 12.1 Å². The lowest BCUT2D eigenvalue weighted by atomic mass is 10.2. The Morgan fingerprint density at radius 3 is 2.67 bits per heavy atom. The van der Waals surface area contributed by atoms with Gasteiger partial charge in [0.05, 0.1) is 0 Å². The van der Waals surface area contributed by atoms with Crippen molar-refractivity contribution in [2.24, 2.45) is 0 Å². The SMILES string of the molecule is C[C@@H](Oc1cccc(C=O)c1)C(=O)NCc1ccccc1. The summed E-state index contributed by atoms with van der Waals surface area (Å²) in [6, 6.07) is 16.4. The second kappa shape index (κ2) is 7.24. The molecule has 2 aromatic carbocycles. The largest absolute Gasteiger partial charge is 0.481 e. The summed E-state index contributed by atoms with van der Waals surface area (Å²) in [6.45, 7) is 2.13. The number of nitrogens with one attached hydrogen (secondary N) is 1. The van der Waals surface area contributed by atoms with E-state index in [4.69, 9.17) is 4.74 Å². The summed E-state index contributed by atoms with van der Waals surface area (Å²) < 4.78 is 5.54. The average molecular weight is 283 g/mol. The molecule has 108 valence electrons. The van der Waals surface area contributed by atoms with Gasteiger partial charge in [-0.3, -0.25) is 9.59 Å². The average Bonchev–Trinajstić information content (AvgIpc) is 2.53. The molecular weight excluding hydrogens is 266 g/mol. The summed E-state index contributed by atoms with van der Waals surface area (Å²) in [7, 11) is 0. The molecule has 0 fully saturated rings. The summed E-state index contributed by atoms with van der Waals surface area (Å²) in [5, 5.41) is 2.81. The van der Waals surface area contributed by atoms with Crippen LogP contribution in [0.5, 0.6) is 5.75 Å². The van der Waals surface area contributed by atoms with Crippen molar-refractivity contribution in [3.05, 3.63) is 65.7 Å². The standard InChI is InChI=1S/C17H17NO3/c1-13(21-16-9-5-8-15(10-16)12-19)17(20)18-11-14-6-3-2-4-7-14/h2-10,12-13H,11H2,1H3,(H,18,20)/t13-/m1/s1. The molecule has 0 aliphatic heterocycles. The van der Waals surface area contributed by atoms with Crippen molar-refractivity contribution in [2.45, 2.75) is 19.6 Å². The van der Waals surface area contributed by atoms with Crippen molar-refractivity contribution in [3.8, 4) is 5.75 Å². The fourth-order valence-corrected chi connectivity index (χ4v) is 1.85. The maximum absolute atomic E-state index is 12.0. The molecule has 0 aromatic heterocycles. The van der Waals surface area contributed by atoms with Crippen LogP contribution in [0.4, 0.5) is 0 Å². The third kappa shape index (κ3) is 4.45. The topological polar surface area (TPSA) is 55.4 Å². The summed E-state index contributed by atoms with van der Waals surface area (Å²) in [6.07, 6.45) is 0.114. The molecule has 21 heavy (non-hydrogen) atoms. The first-order valence-electron chi connectivity index (χ1n) is 6.72. The quantitative estimate of drug-likeness (QED) is 0.829. The van der Waals surface area contributed by atoms with Gasteiger partial charge in [-0.05, 0) is 24.6 Å². The summed E-state index contributed by atoms with van der Waals surface area (Å²) >= 11 is 0. The van der Waals surface area contributed by atoms with Gasteiger partial charge in [-0.2, -0.15) is 0 Å². The predicted octanol–water partition coefficient (Wildman–Crippen LogP) is 2.58. The Balaban J connectivity index is 1.88. The van der Waals surface area contributed by atoms with E-state index in [9.17, 15) is 9.59 Å². The van der Waals surface area contributed by atoms with Crippen LogP contribution in [0.25, 0.3) is 0 Å². The molecule has 2 aromatic rings. The van der Waals surface area contributed by atoms with Crippen molar-refractivity contribution >= 4 is 12.2 Å². The molecule has 0 saturated heterocycles. The van der Waals surface area contributed by atoms with Crippen LogP contribution in [-0.2, 0) is 11.3 Å². The zero-order valence-corrected chi connectivity index (χ0v) is 11.8. The first-order valence-corrected chi connectivity index (χ1v) is 6.72. The maximum Gasteiger partial charge on any atom is 0.261 e. The van der Waals surface area contributed by atoms with Crippen molar-refractivity contribution in [3.63, 3.8) is 0 Å². The van der Waals surface area contributed by atoms with Crippen LogP contribution in [0.2, 0.25) is 0 Å². The molecule has 1 amide bonds. The molecule has 4 nitrogen and oxygen atoms in total. The van der Waals surface area contributed by atoms with Gasteiger partial charge < -0.3 is 10.1 Å². The van der Waals surface area contributed by atoms with E-state index in [0.717, 1.165) is 11.8 Å². The highest BCUT2D eigenvalue weighted by molar-refractivity contribution is 5.81. The third-order valence-electron chi connectivity index (χ3n) is 2.99. The number of hydrogen-bond acceptors (Lipinski definition) is 3. The zero-order valence-electron chi connectivity index (χ0n) is 11.8. The van der Waals surface area contributed by atoms with Gasteiger partial charge in [-0.25, -0.2) is 0 Å². The molecular formula is C17H17NO3.